The fourth-order valence-corrected chi connectivity index (χ4v) is 3.18. The zero-order valence-corrected chi connectivity index (χ0v) is 16.0. The van der Waals surface area contributed by atoms with Gasteiger partial charge in [-0.25, -0.2) is 4.79 Å². The first-order valence-electron chi connectivity index (χ1n) is 8.79. The van der Waals surface area contributed by atoms with E-state index in [4.69, 9.17) is 9.15 Å². The smallest absolute Gasteiger partial charge is 0.329 e. The van der Waals surface area contributed by atoms with Gasteiger partial charge in [-0.05, 0) is 49.3 Å². The van der Waals surface area contributed by atoms with Gasteiger partial charge in [0.05, 0.1) is 6.26 Å². The zero-order valence-electron chi connectivity index (χ0n) is 15.2. The second-order valence-corrected chi connectivity index (χ2v) is 7.44. The molecule has 1 aliphatic rings. The van der Waals surface area contributed by atoms with Gasteiger partial charge in [0.1, 0.15) is 6.04 Å². The van der Waals surface area contributed by atoms with E-state index in [0.29, 0.717) is 31.2 Å². The fraction of sp³-hybridized carbons (Fsp3) is 0.611. The number of carbonyl (C=O) groups is 3. The van der Waals surface area contributed by atoms with Gasteiger partial charge in [-0.2, -0.15) is 11.8 Å². The lowest BCUT2D eigenvalue weighted by Crippen LogP contribution is -2.44. The molecule has 0 spiro atoms. The third kappa shape index (κ3) is 6.09. The third-order valence-electron chi connectivity index (χ3n) is 4.42. The van der Waals surface area contributed by atoms with Crippen molar-refractivity contribution in [3.8, 4) is 0 Å². The number of nitrogens with zero attached hydrogens (tertiary/aromatic N) is 1. The predicted octanol–water partition coefficient (Wildman–Crippen LogP) is 1.93. The van der Waals surface area contributed by atoms with Gasteiger partial charge in [-0.1, -0.05) is 6.92 Å². The summed E-state index contributed by atoms with van der Waals surface area (Å²) in [5.74, 6) is 0.161. The zero-order chi connectivity index (χ0) is 18.9. The number of ether oxygens (including phenoxy) is 1. The van der Waals surface area contributed by atoms with E-state index < -0.39 is 17.9 Å². The largest absolute Gasteiger partial charge is 0.459 e. The predicted molar refractivity (Wildman–Crippen MR) is 98.9 cm³/mol. The number of thioether (sulfide) groups is 1. The minimum absolute atomic E-state index is 0.130. The fourth-order valence-electron chi connectivity index (χ4n) is 2.70. The maximum atomic E-state index is 12.3. The Balaban J connectivity index is 1.85. The minimum Gasteiger partial charge on any atom is -0.459 e. The van der Waals surface area contributed by atoms with Crippen LogP contribution in [0.15, 0.2) is 22.8 Å². The second kappa shape index (κ2) is 10.3. The SMILES string of the molecule is CSCCC(NC(=O)c1ccco1)C(=O)OCC(=O)N1CCC(C)CC1. The van der Waals surface area contributed by atoms with Crippen LogP contribution < -0.4 is 5.32 Å². The van der Waals surface area contributed by atoms with Crippen LogP contribution in [0.5, 0.6) is 0 Å². The first-order chi connectivity index (χ1) is 12.5. The van der Waals surface area contributed by atoms with Crippen molar-refractivity contribution < 1.29 is 23.5 Å². The van der Waals surface area contributed by atoms with Crippen molar-refractivity contribution in [3.05, 3.63) is 24.2 Å². The summed E-state index contributed by atoms with van der Waals surface area (Å²) in [5.41, 5.74) is 0. The first kappa shape index (κ1) is 20.4. The summed E-state index contributed by atoms with van der Waals surface area (Å²) in [6, 6.07) is 2.31. The van der Waals surface area contributed by atoms with E-state index in [0.717, 1.165) is 12.8 Å². The van der Waals surface area contributed by atoms with Gasteiger partial charge in [-0.15, -0.1) is 0 Å². The van der Waals surface area contributed by atoms with Crippen molar-refractivity contribution in [1.82, 2.24) is 10.2 Å². The molecule has 1 fully saturated rings. The van der Waals surface area contributed by atoms with Crippen LogP contribution in [-0.2, 0) is 14.3 Å². The minimum atomic E-state index is -0.811. The molecular formula is C18H26N2O5S. The lowest BCUT2D eigenvalue weighted by atomic mass is 9.99. The summed E-state index contributed by atoms with van der Waals surface area (Å²) in [6.07, 6.45) is 5.66. The van der Waals surface area contributed by atoms with Crippen LogP contribution in [0.3, 0.4) is 0 Å². The highest BCUT2D eigenvalue weighted by atomic mass is 32.2. The number of amides is 2. The molecule has 0 saturated carbocycles. The van der Waals surface area contributed by atoms with E-state index in [9.17, 15) is 14.4 Å². The molecule has 0 aromatic carbocycles. The Kier molecular flexibility index (Phi) is 8.03. The quantitative estimate of drug-likeness (QED) is 0.691. The molecule has 0 bridgehead atoms. The van der Waals surface area contributed by atoms with Crippen molar-refractivity contribution in [2.24, 2.45) is 5.92 Å². The van der Waals surface area contributed by atoms with Gasteiger partial charge < -0.3 is 19.4 Å². The van der Waals surface area contributed by atoms with E-state index in [-0.39, 0.29) is 18.3 Å². The van der Waals surface area contributed by atoms with Gasteiger partial charge in [0, 0.05) is 13.1 Å². The highest BCUT2D eigenvalue weighted by Crippen LogP contribution is 2.16. The molecule has 1 aromatic rings. The van der Waals surface area contributed by atoms with Crippen LogP contribution in [0.25, 0.3) is 0 Å². The molecular weight excluding hydrogens is 356 g/mol. The lowest BCUT2D eigenvalue weighted by Gasteiger charge is -2.30. The maximum absolute atomic E-state index is 12.3. The molecule has 1 N–H and O–H groups in total. The monoisotopic (exact) mass is 382 g/mol. The number of hydrogen-bond acceptors (Lipinski definition) is 6. The standard InChI is InChI=1S/C18H26N2O5S/c1-13-5-8-20(9-6-13)16(21)12-25-18(23)14(7-11-26-2)19-17(22)15-4-3-10-24-15/h3-4,10,13-14H,5-9,11-12H2,1-2H3,(H,19,22). The van der Waals surface area contributed by atoms with Crippen LogP contribution >= 0.6 is 11.8 Å². The van der Waals surface area contributed by atoms with E-state index in [1.165, 1.54) is 12.3 Å². The van der Waals surface area contributed by atoms with Gasteiger partial charge in [-0.3, -0.25) is 9.59 Å². The number of carbonyl (C=O) groups excluding carboxylic acids is 3. The summed E-state index contributed by atoms with van der Waals surface area (Å²) in [4.78, 5) is 38.4. The molecule has 1 aromatic heterocycles. The average molecular weight is 382 g/mol. The molecule has 2 amide bonds. The second-order valence-electron chi connectivity index (χ2n) is 6.46. The van der Waals surface area contributed by atoms with Gasteiger partial charge >= 0.3 is 5.97 Å². The van der Waals surface area contributed by atoms with E-state index in [1.807, 2.05) is 6.26 Å². The molecule has 0 radical (unpaired) electrons. The molecule has 1 aliphatic heterocycles. The molecule has 1 atom stereocenters. The highest BCUT2D eigenvalue weighted by molar-refractivity contribution is 7.98. The summed E-state index contributed by atoms with van der Waals surface area (Å²) in [5, 5.41) is 2.62. The van der Waals surface area contributed by atoms with Crippen LogP contribution in [0.2, 0.25) is 0 Å². The average Bonchev–Trinajstić information content (AvgIpc) is 3.18. The maximum Gasteiger partial charge on any atom is 0.329 e. The van der Waals surface area contributed by atoms with Gasteiger partial charge in [0.15, 0.2) is 12.4 Å². The molecule has 8 heteroatoms. The van der Waals surface area contributed by atoms with E-state index in [1.54, 1.807) is 22.7 Å². The Bertz CT molecular complexity index is 597. The molecule has 0 aliphatic carbocycles. The Hall–Kier alpha value is -1.96. The highest BCUT2D eigenvalue weighted by Gasteiger charge is 2.26. The normalized spacial score (nSPS) is 16.2. The Labute approximate surface area is 157 Å². The summed E-state index contributed by atoms with van der Waals surface area (Å²) < 4.78 is 10.2. The van der Waals surface area contributed by atoms with Crippen LogP contribution in [0.1, 0.15) is 36.7 Å². The van der Waals surface area contributed by atoms with Crippen molar-refractivity contribution in [2.75, 3.05) is 31.7 Å². The lowest BCUT2D eigenvalue weighted by molar-refractivity contribution is -0.154. The van der Waals surface area contributed by atoms with Crippen molar-refractivity contribution in [2.45, 2.75) is 32.2 Å². The van der Waals surface area contributed by atoms with Crippen LogP contribution in [0.4, 0.5) is 0 Å². The number of piperidine rings is 1. The third-order valence-corrected chi connectivity index (χ3v) is 5.06. The van der Waals surface area contributed by atoms with E-state index >= 15 is 0 Å². The molecule has 1 unspecified atom stereocenters. The molecule has 144 valence electrons. The van der Waals surface area contributed by atoms with Crippen molar-refractivity contribution in [1.29, 1.82) is 0 Å². The topological polar surface area (TPSA) is 88.9 Å². The van der Waals surface area contributed by atoms with Crippen LogP contribution in [-0.4, -0.2) is 60.4 Å². The molecule has 7 nitrogen and oxygen atoms in total. The Morgan fingerprint density at radius 1 is 1.38 bits per heavy atom. The summed E-state index contributed by atoms with van der Waals surface area (Å²) >= 11 is 1.56. The van der Waals surface area contributed by atoms with Gasteiger partial charge in [0.2, 0.25) is 0 Å². The molecule has 2 heterocycles. The molecule has 26 heavy (non-hydrogen) atoms. The number of furan rings is 1. The first-order valence-corrected chi connectivity index (χ1v) is 10.2. The van der Waals surface area contributed by atoms with Crippen molar-refractivity contribution in [3.63, 3.8) is 0 Å². The molecule has 2 rings (SSSR count). The summed E-state index contributed by atoms with van der Waals surface area (Å²) in [6.45, 7) is 3.27. The number of nitrogens with one attached hydrogen (secondary N) is 1. The van der Waals surface area contributed by atoms with Crippen LogP contribution in [0, 0.1) is 5.92 Å². The van der Waals surface area contributed by atoms with Crippen molar-refractivity contribution >= 4 is 29.5 Å². The number of likely N-dealkylation sites (tertiary alicyclic amines) is 1. The number of esters is 1. The Morgan fingerprint density at radius 3 is 2.73 bits per heavy atom. The summed E-state index contributed by atoms with van der Waals surface area (Å²) in [7, 11) is 0. The number of rotatable bonds is 8. The molecule has 1 saturated heterocycles. The van der Waals surface area contributed by atoms with E-state index in [2.05, 4.69) is 12.2 Å². The Morgan fingerprint density at radius 2 is 2.12 bits per heavy atom. The van der Waals surface area contributed by atoms with Gasteiger partial charge in [0.25, 0.3) is 11.8 Å². The number of hydrogen-bond donors (Lipinski definition) is 1.